The molecule has 0 aliphatic heterocycles. The Morgan fingerprint density at radius 1 is 1.39 bits per heavy atom. The molecule has 0 spiro atoms. The summed E-state index contributed by atoms with van der Waals surface area (Å²) in [6, 6.07) is 1.75. The highest BCUT2D eigenvalue weighted by molar-refractivity contribution is 9.10. The lowest BCUT2D eigenvalue weighted by Gasteiger charge is -2.09. The molecule has 0 unspecified atom stereocenters. The Kier molecular flexibility index (Phi) is 6.17. The molecule has 0 fully saturated rings. The van der Waals surface area contributed by atoms with Crippen LogP contribution in [-0.2, 0) is 14.3 Å². The van der Waals surface area contributed by atoms with E-state index in [1.165, 1.54) is 7.11 Å². The summed E-state index contributed by atoms with van der Waals surface area (Å²) in [5, 5.41) is 2.29. The predicted molar refractivity (Wildman–Crippen MR) is 65.4 cm³/mol. The lowest BCUT2D eigenvalue weighted by Crippen LogP contribution is -2.20. The van der Waals surface area contributed by atoms with Crippen LogP contribution in [0.15, 0.2) is 16.6 Å². The molecule has 1 aromatic carbocycles. The van der Waals surface area contributed by atoms with Crippen LogP contribution >= 0.6 is 15.9 Å². The molecule has 0 heterocycles. The fourth-order valence-electron chi connectivity index (χ4n) is 1.14. The smallest absolute Gasteiger partial charge is 0.250 e. The molecule has 1 aromatic rings. The number of halogens is 3. The predicted octanol–water partition coefficient (Wildman–Crippen LogP) is 2.33. The Morgan fingerprint density at radius 3 is 2.72 bits per heavy atom. The number of methoxy groups -OCH3 is 1. The molecule has 0 saturated heterocycles. The number of hydrogen-bond donors (Lipinski definition) is 1. The zero-order chi connectivity index (χ0) is 13.5. The molecule has 1 rings (SSSR count). The van der Waals surface area contributed by atoms with Gasteiger partial charge in [-0.3, -0.25) is 4.79 Å². The molecule has 0 aliphatic rings. The van der Waals surface area contributed by atoms with Crippen molar-refractivity contribution in [3.8, 4) is 0 Å². The topological polar surface area (TPSA) is 47.6 Å². The molecule has 4 nitrogen and oxygen atoms in total. The Morgan fingerprint density at radius 2 is 2.11 bits per heavy atom. The minimum Gasteiger partial charge on any atom is -0.382 e. The summed E-state index contributed by atoms with van der Waals surface area (Å²) in [6.07, 6.45) is 0. The number of rotatable bonds is 6. The van der Waals surface area contributed by atoms with Crippen molar-refractivity contribution in [1.82, 2.24) is 0 Å². The third-order valence-corrected chi connectivity index (χ3v) is 2.56. The average molecular weight is 324 g/mol. The number of carbonyl (C=O) groups excluding carboxylic acids is 1. The Hall–Kier alpha value is -1.05. The van der Waals surface area contributed by atoms with Crippen molar-refractivity contribution in [3.05, 3.63) is 28.2 Å². The van der Waals surface area contributed by atoms with Gasteiger partial charge in [-0.25, -0.2) is 8.78 Å². The van der Waals surface area contributed by atoms with Gasteiger partial charge in [-0.15, -0.1) is 0 Å². The fraction of sp³-hybridized carbons (Fsp3) is 0.364. The van der Waals surface area contributed by atoms with E-state index in [-0.39, 0.29) is 23.4 Å². The minimum atomic E-state index is -0.855. The van der Waals surface area contributed by atoms with E-state index in [9.17, 15) is 13.6 Å². The number of anilines is 1. The van der Waals surface area contributed by atoms with Gasteiger partial charge in [0.05, 0.1) is 18.9 Å². The molecular formula is C11H12BrF2NO3. The zero-order valence-electron chi connectivity index (χ0n) is 9.63. The SMILES string of the molecule is COCCOCC(=O)Nc1c(F)cc(F)cc1Br. The van der Waals surface area contributed by atoms with Crippen molar-refractivity contribution >= 4 is 27.5 Å². The van der Waals surface area contributed by atoms with Gasteiger partial charge in [-0.1, -0.05) is 0 Å². The molecule has 18 heavy (non-hydrogen) atoms. The van der Waals surface area contributed by atoms with Gasteiger partial charge in [0.1, 0.15) is 12.4 Å². The highest BCUT2D eigenvalue weighted by atomic mass is 79.9. The third kappa shape index (κ3) is 4.67. The molecular weight excluding hydrogens is 312 g/mol. The minimum absolute atomic E-state index is 0.114. The second-order valence-corrected chi connectivity index (χ2v) is 4.19. The third-order valence-electron chi connectivity index (χ3n) is 1.94. The van der Waals surface area contributed by atoms with Crippen LogP contribution in [0, 0.1) is 11.6 Å². The number of ether oxygens (including phenoxy) is 2. The van der Waals surface area contributed by atoms with Crippen LogP contribution in [0.4, 0.5) is 14.5 Å². The van der Waals surface area contributed by atoms with E-state index in [4.69, 9.17) is 9.47 Å². The average Bonchev–Trinajstić information content (AvgIpc) is 2.29. The van der Waals surface area contributed by atoms with Gasteiger partial charge in [0.15, 0.2) is 5.82 Å². The van der Waals surface area contributed by atoms with Gasteiger partial charge in [-0.05, 0) is 22.0 Å². The zero-order valence-corrected chi connectivity index (χ0v) is 11.2. The first kappa shape index (κ1) is 15.0. The van der Waals surface area contributed by atoms with Crippen LogP contribution in [-0.4, -0.2) is 32.8 Å². The van der Waals surface area contributed by atoms with E-state index in [1.807, 2.05) is 0 Å². The van der Waals surface area contributed by atoms with Crippen LogP contribution in [0.25, 0.3) is 0 Å². The summed E-state index contributed by atoms with van der Waals surface area (Å²) in [6.45, 7) is 0.394. The van der Waals surface area contributed by atoms with E-state index in [1.54, 1.807) is 0 Å². The molecule has 0 aliphatic carbocycles. The van der Waals surface area contributed by atoms with Gasteiger partial charge in [0.25, 0.3) is 0 Å². The maximum absolute atomic E-state index is 13.4. The van der Waals surface area contributed by atoms with E-state index >= 15 is 0 Å². The molecule has 0 aromatic heterocycles. The Bertz CT molecular complexity index is 406. The van der Waals surface area contributed by atoms with Crippen molar-refractivity contribution < 1.29 is 23.0 Å². The maximum Gasteiger partial charge on any atom is 0.250 e. The van der Waals surface area contributed by atoms with E-state index in [0.29, 0.717) is 12.7 Å². The van der Waals surface area contributed by atoms with Crippen LogP contribution in [0.2, 0.25) is 0 Å². The number of hydrogen-bond acceptors (Lipinski definition) is 3. The first-order chi connectivity index (χ1) is 8.54. The first-order valence-electron chi connectivity index (χ1n) is 5.05. The maximum atomic E-state index is 13.4. The normalized spacial score (nSPS) is 10.4. The van der Waals surface area contributed by atoms with Crippen molar-refractivity contribution in [3.63, 3.8) is 0 Å². The Labute approximate surface area is 111 Å². The lowest BCUT2D eigenvalue weighted by atomic mass is 10.3. The highest BCUT2D eigenvalue weighted by Crippen LogP contribution is 2.26. The second-order valence-electron chi connectivity index (χ2n) is 3.34. The van der Waals surface area contributed by atoms with E-state index in [0.717, 1.165) is 6.07 Å². The molecule has 1 N–H and O–H groups in total. The summed E-state index contributed by atoms with van der Waals surface area (Å²) in [5.74, 6) is -2.11. The van der Waals surface area contributed by atoms with Gasteiger partial charge < -0.3 is 14.8 Å². The van der Waals surface area contributed by atoms with Crippen molar-refractivity contribution in [2.24, 2.45) is 0 Å². The molecule has 100 valence electrons. The number of carbonyl (C=O) groups is 1. The number of benzene rings is 1. The van der Waals surface area contributed by atoms with Gasteiger partial charge in [0.2, 0.25) is 5.91 Å². The van der Waals surface area contributed by atoms with Crippen molar-refractivity contribution in [2.75, 3.05) is 32.2 Å². The van der Waals surface area contributed by atoms with Crippen LogP contribution in [0.3, 0.4) is 0 Å². The quantitative estimate of drug-likeness (QED) is 0.817. The van der Waals surface area contributed by atoms with Gasteiger partial charge >= 0.3 is 0 Å². The van der Waals surface area contributed by atoms with Crippen LogP contribution in [0.5, 0.6) is 0 Å². The van der Waals surface area contributed by atoms with Crippen molar-refractivity contribution in [1.29, 1.82) is 0 Å². The highest BCUT2D eigenvalue weighted by Gasteiger charge is 2.12. The van der Waals surface area contributed by atoms with E-state index in [2.05, 4.69) is 21.2 Å². The summed E-state index contributed by atoms with van der Waals surface area (Å²) in [4.78, 5) is 11.4. The Balaban J connectivity index is 2.54. The molecule has 1 amide bonds. The van der Waals surface area contributed by atoms with Gasteiger partial charge in [0, 0.05) is 17.6 Å². The monoisotopic (exact) mass is 323 g/mol. The standard InChI is InChI=1S/C11H12BrF2NO3/c1-17-2-3-18-6-10(16)15-11-8(12)4-7(13)5-9(11)14/h4-5H,2-3,6H2,1H3,(H,15,16). The summed E-state index contributed by atoms with van der Waals surface area (Å²) in [7, 11) is 1.51. The van der Waals surface area contributed by atoms with E-state index < -0.39 is 17.5 Å². The molecule has 0 saturated carbocycles. The van der Waals surface area contributed by atoms with Crippen molar-refractivity contribution in [2.45, 2.75) is 0 Å². The number of amides is 1. The summed E-state index contributed by atoms with van der Waals surface area (Å²) < 4.78 is 36.0. The molecule has 0 atom stereocenters. The van der Waals surface area contributed by atoms with Crippen LogP contribution < -0.4 is 5.32 Å². The second kappa shape index (κ2) is 7.40. The molecule has 0 bridgehead atoms. The summed E-state index contributed by atoms with van der Waals surface area (Å²) >= 11 is 2.96. The fourth-order valence-corrected chi connectivity index (χ4v) is 1.65. The molecule has 0 radical (unpaired) electrons. The lowest BCUT2D eigenvalue weighted by molar-refractivity contribution is -0.121. The molecule has 7 heteroatoms. The summed E-state index contributed by atoms with van der Waals surface area (Å²) in [5.41, 5.74) is -0.114. The van der Waals surface area contributed by atoms with Gasteiger partial charge in [-0.2, -0.15) is 0 Å². The number of nitrogens with one attached hydrogen (secondary N) is 1. The van der Waals surface area contributed by atoms with Crippen LogP contribution in [0.1, 0.15) is 0 Å². The first-order valence-corrected chi connectivity index (χ1v) is 5.85. The largest absolute Gasteiger partial charge is 0.382 e.